The molecule has 0 saturated carbocycles. The fourth-order valence-corrected chi connectivity index (χ4v) is 4.00. The van der Waals surface area contributed by atoms with Gasteiger partial charge in [0.2, 0.25) is 5.91 Å². The monoisotopic (exact) mass is 504 g/mol. The number of ether oxygens (including phenoxy) is 2. The minimum absolute atomic E-state index is 0.286. The van der Waals surface area contributed by atoms with Gasteiger partial charge in [-0.2, -0.15) is 13.2 Å². The van der Waals surface area contributed by atoms with Gasteiger partial charge in [-0.3, -0.25) is 9.59 Å². The molecule has 0 radical (unpaired) electrons. The molecule has 2 amide bonds. The SMILES string of the molecule is COc1ccc(C(=O)Nc2ccc(SC(C)C(=O)Nc3ccccc3C(F)(F)F)cc2)cc1OC. The van der Waals surface area contributed by atoms with E-state index < -0.39 is 22.9 Å². The van der Waals surface area contributed by atoms with Crippen molar-refractivity contribution in [3.8, 4) is 11.5 Å². The molecule has 3 rings (SSSR count). The number of alkyl halides is 3. The maximum Gasteiger partial charge on any atom is 0.418 e. The van der Waals surface area contributed by atoms with E-state index in [4.69, 9.17) is 9.47 Å². The lowest BCUT2D eigenvalue weighted by atomic mass is 10.1. The number of amides is 2. The number of methoxy groups -OCH3 is 2. The Kier molecular flexibility index (Phi) is 8.29. The number of hydrogen-bond donors (Lipinski definition) is 2. The zero-order chi connectivity index (χ0) is 25.6. The Hall–Kier alpha value is -3.66. The van der Waals surface area contributed by atoms with Crippen molar-refractivity contribution in [2.75, 3.05) is 24.9 Å². The molecule has 3 aromatic rings. The number of para-hydroxylation sites is 1. The number of carbonyl (C=O) groups excluding carboxylic acids is 2. The maximum atomic E-state index is 13.2. The van der Waals surface area contributed by atoms with Gasteiger partial charge in [0.05, 0.1) is 30.7 Å². The van der Waals surface area contributed by atoms with Crippen LogP contribution in [0.15, 0.2) is 71.6 Å². The van der Waals surface area contributed by atoms with Gasteiger partial charge < -0.3 is 20.1 Å². The molecule has 0 aromatic heterocycles. The number of hydrogen-bond acceptors (Lipinski definition) is 5. The fourth-order valence-electron chi connectivity index (χ4n) is 3.13. The number of benzene rings is 3. The van der Waals surface area contributed by atoms with E-state index >= 15 is 0 Å². The average molecular weight is 505 g/mol. The molecule has 0 aliphatic heterocycles. The first kappa shape index (κ1) is 26.0. The number of halogens is 3. The van der Waals surface area contributed by atoms with Crippen molar-refractivity contribution in [3.05, 3.63) is 77.9 Å². The Morgan fingerprint density at radius 2 is 1.54 bits per heavy atom. The van der Waals surface area contributed by atoms with Crippen molar-refractivity contribution < 1.29 is 32.2 Å². The largest absolute Gasteiger partial charge is 0.493 e. The molecule has 184 valence electrons. The number of nitrogens with one attached hydrogen (secondary N) is 2. The molecule has 0 spiro atoms. The molecule has 2 N–H and O–H groups in total. The standard InChI is InChI=1S/C25H23F3N2O4S/c1-15(23(31)30-20-7-5-4-6-19(20)25(26,27)28)35-18-11-9-17(10-12-18)29-24(32)16-8-13-21(33-2)22(14-16)34-3/h4-15H,1-3H3,(H,29,32)(H,30,31). The fraction of sp³-hybridized carbons (Fsp3) is 0.200. The highest BCUT2D eigenvalue weighted by atomic mass is 32.2. The van der Waals surface area contributed by atoms with E-state index in [0.29, 0.717) is 27.6 Å². The topological polar surface area (TPSA) is 76.7 Å². The Morgan fingerprint density at radius 3 is 2.17 bits per heavy atom. The number of rotatable bonds is 8. The summed E-state index contributed by atoms with van der Waals surface area (Å²) in [6, 6.07) is 16.4. The van der Waals surface area contributed by atoms with Crippen LogP contribution < -0.4 is 20.1 Å². The van der Waals surface area contributed by atoms with Gasteiger partial charge in [0.25, 0.3) is 5.91 Å². The zero-order valence-electron chi connectivity index (χ0n) is 19.1. The molecule has 0 bridgehead atoms. The number of thioether (sulfide) groups is 1. The summed E-state index contributed by atoms with van der Waals surface area (Å²) in [5.41, 5.74) is -0.276. The highest BCUT2D eigenvalue weighted by molar-refractivity contribution is 8.00. The average Bonchev–Trinajstić information content (AvgIpc) is 2.84. The summed E-state index contributed by atoms with van der Waals surface area (Å²) in [6.45, 7) is 1.60. The second-order valence-electron chi connectivity index (χ2n) is 7.34. The third-order valence-electron chi connectivity index (χ3n) is 4.93. The minimum Gasteiger partial charge on any atom is -0.493 e. The normalized spacial score (nSPS) is 11.9. The third kappa shape index (κ3) is 6.69. The summed E-state index contributed by atoms with van der Waals surface area (Å²) >= 11 is 1.18. The van der Waals surface area contributed by atoms with Crippen LogP contribution in [0.25, 0.3) is 0 Å². The van der Waals surface area contributed by atoms with Gasteiger partial charge in [-0.1, -0.05) is 12.1 Å². The first-order valence-electron chi connectivity index (χ1n) is 10.4. The number of anilines is 2. The summed E-state index contributed by atoms with van der Waals surface area (Å²) in [5, 5.41) is 4.46. The van der Waals surface area contributed by atoms with Gasteiger partial charge in [-0.05, 0) is 61.5 Å². The Bertz CT molecular complexity index is 1200. The molecule has 3 aromatic carbocycles. The zero-order valence-corrected chi connectivity index (χ0v) is 19.9. The van der Waals surface area contributed by atoms with E-state index in [1.807, 2.05) is 0 Å². The highest BCUT2D eigenvalue weighted by Gasteiger charge is 2.33. The van der Waals surface area contributed by atoms with E-state index in [9.17, 15) is 22.8 Å². The molecule has 0 fully saturated rings. The molecular formula is C25H23F3N2O4S. The summed E-state index contributed by atoms with van der Waals surface area (Å²) in [5.74, 6) is 0.0301. The summed E-state index contributed by atoms with van der Waals surface area (Å²) in [4.78, 5) is 25.8. The predicted molar refractivity (Wildman–Crippen MR) is 129 cm³/mol. The highest BCUT2D eigenvalue weighted by Crippen LogP contribution is 2.35. The van der Waals surface area contributed by atoms with E-state index in [2.05, 4.69) is 10.6 Å². The molecule has 0 saturated heterocycles. The first-order valence-corrected chi connectivity index (χ1v) is 11.3. The molecule has 6 nitrogen and oxygen atoms in total. The van der Waals surface area contributed by atoms with E-state index in [1.54, 1.807) is 49.4 Å². The van der Waals surface area contributed by atoms with Crippen molar-refractivity contribution in [2.24, 2.45) is 0 Å². The molecule has 35 heavy (non-hydrogen) atoms. The Labute approximate surface area is 204 Å². The van der Waals surface area contributed by atoms with Gasteiger partial charge >= 0.3 is 6.18 Å². The second-order valence-corrected chi connectivity index (χ2v) is 8.76. The van der Waals surface area contributed by atoms with Crippen LogP contribution in [0.2, 0.25) is 0 Å². The van der Waals surface area contributed by atoms with Crippen molar-refractivity contribution in [3.63, 3.8) is 0 Å². The van der Waals surface area contributed by atoms with Crippen molar-refractivity contribution in [1.29, 1.82) is 0 Å². The van der Waals surface area contributed by atoms with E-state index in [1.165, 1.54) is 44.2 Å². The molecule has 1 unspecified atom stereocenters. The van der Waals surface area contributed by atoms with Crippen LogP contribution in [0.4, 0.5) is 24.5 Å². The van der Waals surface area contributed by atoms with E-state index in [0.717, 1.165) is 6.07 Å². The lowest BCUT2D eigenvalue weighted by Gasteiger charge is -2.16. The lowest BCUT2D eigenvalue weighted by Crippen LogP contribution is -2.24. The van der Waals surface area contributed by atoms with Gasteiger partial charge in [-0.15, -0.1) is 11.8 Å². The summed E-state index contributed by atoms with van der Waals surface area (Å²) in [6.07, 6.45) is -4.57. The van der Waals surface area contributed by atoms with Crippen molar-refractivity contribution in [1.82, 2.24) is 0 Å². The summed E-state index contributed by atoms with van der Waals surface area (Å²) < 4.78 is 49.9. The van der Waals surface area contributed by atoms with Gasteiger partial charge in [-0.25, -0.2) is 0 Å². The molecule has 0 heterocycles. The number of carbonyl (C=O) groups is 2. The molecular weight excluding hydrogens is 481 g/mol. The molecule has 1 atom stereocenters. The minimum atomic E-state index is -4.57. The summed E-state index contributed by atoms with van der Waals surface area (Å²) in [7, 11) is 2.98. The van der Waals surface area contributed by atoms with Crippen molar-refractivity contribution >= 4 is 35.0 Å². The van der Waals surface area contributed by atoms with Gasteiger partial charge in [0.15, 0.2) is 11.5 Å². The second kappa shape index (κ2) is 11.2. The lowest BCUT2D eigenvalue weighted by molar-refractivity contribution is -0.137. The maximum absolute atomic E-state index is 13.2. The smallest absolute Gasteiger partial charge is 0.418 e. The first-order chi connectivity index (χ1) is 16.6. The van der Waals surface area contributed by atoms with Crippen LogP contribution in [0, 0.1) is 0 Å². The Morgan fingerprint density at radius 1 is 0.886 bits per heavy atom. The quantitative estimate of drug-likeness (QED) is 0.363. The Balaban J connectivity index is 1.61. The van der Waals surface area contributed by atoms with Crippen LogP contribution in [0.3, 0.4) is 0 Å². The van der Waals surface area contributed by atoms with Crippen molar-refractivity contribution in [2.45, 2.75) is 23.2 Å². The van der Waals surface area contributed by atoms with Crippen LogP contribution >= 0.6 is 11.8 Å². The molecule has 10 heteroatoms. The third-order valence-corrected chi connectivity index (χ3v) is 6.04. The van der Waals surface area contributed by atoms with Crippen LogP contribution in [0.1, 0.15) is 22.8 Å². The molecule has 0 aliphatic rings. The van der Waals surface area contributed by atoms with Crippen LogP contribution in [-0.4, -0.2) is 31.3 Å². The predicted octanol–water partition coefficient (Wildman–Crippen LogP) is 6.09. The van der Waals surface area contributed by atoms with Gasteiger partial charge in [0, 0.05) is 16.1 Å². The van der Waals surface area contributed by atoms with E-state index in [-0.39, 0.29) is 11.6 Å². The van der Waals surface area contributed by atoms with Crippen LogP contribution in [0.5, 0.6) is 11.5 Å². The van der Waals surface area contributed by atoms with Gasteiger partial charge in [0.1, 0.15) is 0 Å². The van der Waals surface area contributed by atoms with Crippen LogP contribution in [-0.2, 0) is 11.0 Å². The molecule has 0 aliphatic carbocycles.